The summed E-state index contributed by atoms with van der Waals surface area (Å²) in [7, 11) is 0. The van der Waals surface area contributed by atoms with Gasteiger partial charge in [0.25, 0.3) is 0 Å². The highest BCUT2D eigenvalue weighted by Crippen LogP contribution is 2.37. The first-order valence-electron chi connectivity index (χ1n) is 9.83. The molecule has 0 aromatic heterocycles. The summed E-state index contributed by atoms with van der Waals surface area (Å²) in [6, 6.07) is 8.80. The minimum Gasteiger partial charge on any atom is -0.0651 e. The molecule has 1 aromatic carbocycles. The lowest BCUT2D eigenvalue weighted by Crippen LogP contribution is -2.21. The summed E-state index contributed by atoms with van der Waals surface area (Å²) < 4.78 is 0. The predicted molar refractivity (Wildman–Crippen MR) is 98.3 cm³/mol. The van der Waals surface area contributed by atoms with Crippen molar-refractivity contribution in [3.05, 3.63) is 35.4 Å². The lowest BCUT2D eigenvalue weighted by molar-refractivity contribution is 0.183. The molecular formula is C22H36. The molecule has 0 atom stereocenters. The Morgan fingerprint density at radius 3 is 1.36 bits per heavy atom. The van der Waals surface area contributed by atoms with Crippen molar-refractivity contribution in [3.8, 4) is 0 Å². The van der Waals surface area contributed by atoms with E-state index in [0.717, 1.165) is 17.8 Å². The maximum absolute atomic E-state index is 2.36. The maximum Gasteiger partial charge on any atom is -0.0276 e. The molecule has 0 saturated heterocycles. The molecule has 0 heteroatoms. The SMILES string of the molecule is CCC1CC(CC)CC(CC)C1.c1ccc2c(c1)CCCC2. The van der Waals surface area contributed by atoms with Crippen molar-refractivity contribution in [1.82, 2.24) is 0 Å². The van der Waals surface area contributed by atoms with E-state index < -0.39 is 0 Å². The van der Waals surface area contributed by atoms with Gasteiger partial charge in [0.15, 0.2) is 0 Å². The minimum absolute atomic E-state index is 1.05. The quantitative estimate of drug-likeness (QED) is 0.575. The number of hydrogen-bond acceptors (Lipinski definition) is 0. The monoisotopic (exact) mass is 300 g/mol. The average molecular weight is 301 g/mol. The van der Waals surface area contributed by atoms with Crippen molar-refractivity contribution in [2.75, 3.05) is 0 Å². The van der Waals surface area contributed by atoms with Gasteiger partial charge in [-0.3, -0.25) is 0 Å². The molecule has 0 unspecified atom stereocenters. The van der Waals surface area contributed by atoms with Crippen LogP contribution in [0, 0.1) is 17.8 Å². The molecule has 0 nitrogen and oxygen atoms in total. The third kappa shape index (κ3) is 5.14. The zero-order valence-corrected chi connectivity index (χ0v) is 15.1. The van der Waals surface area contributed by atoms with Gasteiger partial charge in [-0.15, -0.1) is 0 Å². The first-order valence-corrected chi connectivity index (χ1v) is 9.83. The van der Waals surface area contributed by atoms with E-state index in [1.807, 2.05) is 0 Å². The molecule has 22 heavy (non-hydrogen) atoms. The molecule has 2 aliphatic carbocycles. The van der Waals surface area contributed by atoms with Crippen molar-refractivity contribution in [2.45, 2.75) is 85.0 Å². The van der Waals surface area contributed by atoms with Crippen LogP contribution in [0.1, 0.15) is 83.3 Å². The number of benzene rings is 1. The van der Waals surface area contributed by atoms with Crippen molar-refractivity contribution < 1.29 is 0 Å². The predicted octanol–water partition coefficient (Wildman–Crippen LogP) is 6.81. The molecule has 1 saturated carbocycles. The summed E-state index contributed by atoms with van der Waals surface area (Å²) in [5.41, 5.74) is 3.16. The highest BCUT2D eigenvalue weighted by molar-refractivity contribution is 5.28. The highest BCUT2D eigenvalue weighted by atomic mass is 14.3. The fourth-order valence-electron chi connectivity index (χ4n) is 4.38. The van der Waals surface area contributed by atoms with Gasteiger partial charge in [-0.25, -0.2) is 0 Å². The Labute approximate surface area is 138 Å². The summed E-state index contributed by atoms with van der Waals surface area (Å²) in [6.45, 7) is 7.07. The van der Waals surface area contributed by atoms with E-state index in [1.165, 1.54) is 64.2 Å². The first kappa shape index (κ1) is 17.6. The molecule has 3 rings (SSSR count). The lowest BCUT2D eigenvalue weighted by atomic mass is 9.72. The van der Waals surface area contributed by atoms with E-state index in [-0.39, 0.29) is 0 Å². The molecule has 1 fully saturated rings. The number of aryl methyl sites for hydroxylation is 2. The van der Waals surface area contributed by atoms with E-state index in [4.69, 9.17) is 0 Å². The van der Waals surface area contributed by atoms with Gasteiger partial charge < -0.3 is 0 Å². The van der Waals surface area contributed by atoms with E-state index in [9.17, 15) is 0 Å². The largest absolute Gasteiger partial charge is 0.0651 e. The smallest absolute Gasteiger partial charge is 0.0276 e. The van der Waals surface area contributed by atoms with Crippen LogP contribution in [0.3, 0.4) is 0 Å². The molecule has 1 aromatic rings. The Morgan fingerprint density at radius 2 is 1.05 bits per heavy atom. The summed E-state index contributed by atoms with van der Waals surface area (Å²) >= 11 is 0. The second-order valence-electron chi connectivity index (χ2n) is 7.51. The topological polar surface area (TPSA) is 0 Å². The summed E-state index contributed by atoms with van der Waals surface area (Å²) in [6.07, 6.45) is 14.2. The molecule has 0 radical (unpaired) electrons. The van der Waals surface area contributed by atoms with Crippen molar-refractivity contribution in [1.29, 1.82) is 0 Å². The van der Waals surface area contributed by atoms with Gasteiger partial charge in [0.05, 0.1) is 0 Å². The van der Waals surface area contributed by atoms with E-state index in [2.05, 4.69) is 45.0 Å². The third-order valence-electron chi connectivity index (χ3n) is 5.99. The normalized spacial score (nSPS) is 27.5. The van der Waals surface area contributed by atoms with Crippen LogP contribution in [-0.2, 0) is 12.8 Å². The molecule has 0 heterocycles. The van der Waals surface area contributed by atoms with E-state index in [1.54, 1.807) is 11.1 Å². The number of hydrogen-bond donors (Lipinski definition) is 0. The van der Waals surface area contributed by atoms with E-state index >= 15 is 0 Å². The van der Waals surface area contributed by atoms with Gasteiger partial charge in [-0.05, 0) is 73.8 Å². The van der Waals surface area contributed by atoms with Gasteiger partial charge in [-0.2, -0.15) is 0 Å². The summed E-state index contributed by atoms with van der Waals surface area (Å²) in [4.78, 5) is 0. The molecule has 0 spiro atoms. The molecular weight excluding hydrogens is 264 g/mol. The van der Waals surface area contributed by atoms with Crippen molar-refractivity contribution in [2.24, 2.45) is 17.8 Å². The van der Waals surface area contributed by atoms with Crippen LogP contribution >= 0.6 is 0 Å². The van der Waals surface area contributed by atoms with Crippen LogP contribution in [0.2, 0.25) is 0 Å². The van der Waals surface area contributed by atoms with Crippen LogP contribution in [0.5, 0.6) is 0 Å². The Bertz CT molecular complexity index is 365. The molecule has 124 valence electrons. The summed E-state index contributed by atoms with van der Waals surface area (Å²) in [5.74, 6) is 3.15. The standard InChI is InChI=1S/C12H24.C10H12/c1-4-10-7-11(5-2)9-12(6-3)8-10;1-2-6-10-8-4-3-7-9(10)5-1/h10-12H,4-9H2,1-3H3;1-2,5-6H,3-4,7-8H2. The molecule has 2 aliphatic rings. The Kier molecular flexibility index (Phi) is 7.49. The number of rotatable bonds is 3. The zero-order chi connectivity index (χ0) is 15.8. The van der Waals surface area contributed by atoms with Crippen LogP contribution in [0.15, 0.2) is 24.3 Å². The first-order chi connectivity index (χ1) is 10.8. The molecule has 0 amide bonds. The fourth-order valence-corrected chi connectivity index (χ4v) is 4.38. The van der Waals surface area contributed by atoms with Crippen LogP contribution in [-0.4, -0.2) is 0 Å². The minimum atomic E-state index is 1.05. The van der Waals surface area contributed by atoms with Gasteiger partial charge >= 0.3 is 0 Å². The van der Waals surface area contributed by atoms with Crippen molar-refractivity contribution in [3.63, 3.8) is 0 Å². The Hall–Kier alpha value is -0.780. The van der Waals surface area contributed by atoms with Crippen LogP contribution < -0.4 is 0 Å². The molecule has 0 N–H and O–H groups in total. The second kappa shape index (κ2) is 9.38. The highest BCUT2D eigenvalue weighted by Gasteiger charge is 2.25. The Balaban J connectivity index is 0.000000162. The molecule has 0 bridgehead atoms. The lowest BCUT2D eigenvalue weighted by Gasteiger charge is -2.33. The van der Waals surface area contributed by atoms with Crippen LogP contribution in [0.25, 0.3) is 0 Å². The maximum atomic E-state index is 2.36. The fraction of sp³-hybridized carbons (Fsp3) is 0.727. The van der Waals surface area contributed by atoms with Crippen molar-refractivity contribution >= 4 is 0 Å². The van der Waals surface area contributed by atoms with Gasteiger partial charge in [0, 0.05) is 0 Å². The van der Waals surface area contributed by atoms with Gasteiger partial charge in [-0.1, -0.05) is 64.3 Å². The van der Waals surface area contributed by atoms with Gasteiger partial charge in [0.1, 0.15) is 0 Å². The van der Waals surface area contributed by atoms with Crippen LogP contribution in [0.4, 0.5) is 0 Å². The van der Waals surface area contributed by atoms with Gasteiger partial charge in [0.2, 0.25) is 0 Å². The summed E-state index contributed by atoms with van der Waals surface area (Å²) in [5, 5.41) is 0. The Morgan fingerprint density at radius 1 is 0.682 bits per heavy atom. The molecule has 0 aliphatic heterocycles. The van der Waals surface area contributed by atoms with E-state index in [0.29, 0.717) is 0 Å². The number of fused-ring (bicyclic) bond motifs is 1. The average Bonchev–Trinajstić information content (AvgIpc) is 2.61. The second-order valence-corrected chi connectivity index (χ2v) is 7.51. The zero-order valence-electron chi connectivity index (χ0n) is 15.1. The third-order valence-corrected chi connectivity index (χ3v) is 5.99.